The molecule has 0 fully saturated rings. The van der Waals surface area contributed by atoms with Crippen LogP contribution in [0.2, 0.25) is 0 Å². The average molecular weight is 389 g/mol. The number of terminal acetylenes is 1. The van der Waals surface area contributed by atoms with Gasteiger partial charge in [0, 0.05) is 28.3 Å². The largest absolute Gasteiger partial charge is 0.481 e. The molecule has 7 nitrogen and oxygen atoms in total. The highest BCUT2D eigenvalue weighted by molar-refractivity contribution is 5.92. The van der Waals surface area contributed by atoms with Crippen LogP contribution < -0.4 is 10.1 Å². The number of nitrogens with one attached hydrogen (secondary N) is 1. The Kier molecular flexibility index (Phi) is 5.93. The van der Waals surface area contributed by atoms with Gasteiger partial charge in [-0.3, -0.25) is 4.79 Å². The first-order chi connectivity index (χ1) is 13.9. The molecule has 2 aromatic heterocycles. The minimum atomic E-state index is -0.130. The molecule has 0 radical (unpaired) electrons. The van der Waals surface area contributed by atoms with Gasteiger partial charge in [0.25, 0.3) is 5.95 Å². The van der Waals surface area contributed by atoms with Crippen molar-refractivity contribution in [3.05, 3.63) is 58.7 Å². The van der Waals surface area contributed by atoms with Crippen molar-refractivity contribution in [3.63, 3.8) is 0 Å². The van der Waals surface area contributed by atoms with E-state index in [0.29, 0.717) is 17.4 Å². The number of nitrogens with zero attached hydrogens (tertiary/aromatic N) is 4. The SMILES string of the molecule is C#CCOc1ccc(NC(=O)Cc2c(C)nn(-c3nc(C)cc(C)n3)c2C)cc1. The van der Waals surface area contributed by atoms with Crippen LogP contribution in [0.1, 0.15) is 28.3 Å². The molecular formula is C22H23N5O2. The topological polar surface area (TPSA) is 81.9 Å². The highest BCUT2D eigenvalue weighted by atomic mass is 16.5. The summed E-state index contributed by atoms with van der Waals surface area (Å²) in [5.74, 6) is 3.45. The molecule has 29 heavy (non-hydrogen) atoms. The molecule has 0 saturated carbocycles. The standard InChI is InChI=1S/C22H23N5O2/c1-6-11-29-19-9-7-18(8-10-19)25-21(28)13-20-16(4)26-27(17(20)5)22-23-14(2)12-15(3)24-22/h1,7-10,12H,11,13H2,2-5H3,(H,25,28). The smallest absolute Gasteiger partial charge is 0.251 e. The van der Waals surface area contributed by atoms with Crippen LogP contribution in [0, 0.1) is 40.0 Å². The third kappa shape index (κ3) is 4.79. The van der Waals surface area contributed by atoms with Gasteiger partial charge in [-0.2, -0.15) is 5.10 Å². The van der Waals surface area contributed by atoms with Crippen molar-refractivity contribution in [1.82, 2.24) is 19.7 Å². The maximum atomic E-state index is 12.6. The van der Waals surface area contributed by atoms with Crippen molar-refractivity contribution in [3.8, 4) is 24.0 Å². The number of amides is 1. The van der Waals surface area contributed by atoms with E-state index < -0.39 is 0 Å². The summed E-state index contributed by atoms with van der Waals surface area (Å²) in [5, 5.41) is 7.43. The van der Waals surface area contributed by atoms with E-state index in [1.54, 1.807) is 28.9 Å². The van der Waals surface area contributed by atoms with E-state index in [1.165, 1.54) is 0 Å². The van der Waals surface area contributed by atoms with Gasteiger partial charge in [0.05, 0.1) is 12.1 Å². The Hall–Kier alpha value is -3.66. The van der Waals surface area contributed by atoms with Crippen LogP contribution in [0.15, 0.2) is 30.3 Å². The van der Waals surface area contributed by atoms with Crippen molar-refractivity contribution >= 4 is 11.6 Å². The minimum Gasteiger partial charge on any atom is -0.481 e. The molecule has 0 aliphatic rings. The lowest BCUT2D eigenvalue weighted by Crippen LogP contribution is -2.15. The predicted molar refractivity (Wildman–Crippen MR) is 111 cm³/mol. The van der Waals surface area contributed by atoms with Crippen molar-refractivity contribution < 1.29 is 9.53 Å². The maximum absolute atomic E-state index is 12.6. The van der Waals surface area contributed by atoms with E-state index in [1.807, 2.05) is 33.8 Å². The molecular weight excluding hydrogens is 366 g/mol. The van der Waals surface area contributed by atoms with Crippen molar-refractivity contribution in [2.75, 3.05) is 11.9 Å². The zero-order valence-electron chi connectivity index (χ0n) is 17.0. The third-order valence-electron chi connectivity index (χ3n) is 4.40. The van der Waals surface area contributed by atoms with Gasteiger partial charge in [-0.1, -0.05) is 5.92 Å². The van der Waals surface area contributed by atoms with Crippen LogP contribution in [-0.4, -0.2) is 32.3 Å². The number of aromatic nitrogens is 4. The number of carbonyl (C=O) groups is 1. The van der Waals surface area contributed by atoms with Gasteiger partial charge in [-0.25, -0.2) is 14.6 Å². The molecule has 0 unspecified atom stereocenters. The average Bonchev–Trinajstić information content (AvgIpc) is 2.95. The second-order valence-electron chi connectivity index (χ2n) is 6.75. The second kappa shape index (κ2) is 8.57. The maximum Gasteiger partial charge on any atom is 0.251 e. The van der Waals surface area contributed by atoms with Gasteiger partial charge in [0.2, 0.25) is 5.91 Å². The third-order valence-corrected chi connectivity index (χ3v) is 4.40. The van der Waals surface area contributed by atoms with E-state index in [9.17, 15) is 4.79 Å². The van der Waals surface area contributed by atoms with Gasteiger partial charge in [0.1, 0.15) is 12.4 Å². The fraction of sp³-hybridized carbons (Fsp3) is 0.273. The van der Waals surface area contributed by atoms with Gasteiger partial charge in [-0.15, -0.1) is 6.42 Å². The Morgan fingerprint density at radius 2 is 1.79 bits per heavy atom. The molecule has 0 aliphatic carbocycles. The van der Waals surface area contributed by atoms with E-state index in [2.05, 4.69) is 26.3 Å². The van der Waals surface area contributed by atoms with E-state index in [4.69, 9.17) is 11.2 Å². The summed E-state index contributed by atoms with van der Waals surface area (Å²) in [4.78, 5) is 21.5. The lowest BCUT2D eigenvalue weighted by molar-refractivity contribution is -0.115. The quantitative estimate of drug-likeness (QED) is 0.655. The summed E-state index contributed by atoms with van der Waals surface area (Å²) in [6.07, 6.45) is 5.38. The molecule has 1 N–H and O–H groups in total. The summed E-state index contributed by atoms with van der Waals surface area (Å²) in [5.41, 5.74) is 4.91. The molecule has 0 aliphatic heterocycles. The monoisotopic (exact) mass is 389 g/mol. The number of aryl methyl sites for hydroxylation is 3. The number of carbonyl (C=O) groups excluding carboxylic acids is 1. The highest BCUT2D eigenvalue weighted by Gasteiger charge is 2.17. The summed E-state index contributed by atoms with van der Waals surface area (Å²) in [7, 11) is 0. The summed E-state index contributed by atoms with van der Waals surface area (Å²) in [6, 6.07) is 8.98. The van der Waals surface area contributed by atoms with Crippen molar-refractivity contribution in [2.45, 2.75) is 34.1 Å². The van der Waals surface area contributed by atoms with Gasteiger partial charge < -0.3 is 10.1 Å². The second-order valence-corrected chi connectivity index (χ2v) is 6.75. The Labute approximate surface area is 170 Å². The van der Waals surface area contributed by atoms with E-state index >= 15 is 0 Å². The van der Waals surface area contributed by atoms with Gasteiger partial charge in [0.15, 0.2) is 0 Å². The molecule has 0 bridgehead atoms. The molecule has 1 amide bonds. The number of rotatable bonds is 6. The summed E-state index contributed by atoms with van der Waals surface area (Å²) in [6.45, 7) is 7.84. The molecule has 7 heteroatoms. The Morgan fingerprint density at radius 1 is 1.14 bits per heavy atom. The van der Waals surface area contributed by atoms with Crippen LogP contribution >= 0.6 is 0 Å². The highest BCUT2D eigenvalue weighted by Crippen LogP contribution is 2.19. The van der Waals surface area contributed by atoms with Crippen LogP contribution in [-0.2, 0) is 11.2 Å². The first kappa shape index (κ1) is 20.1. The van der Waals surface area contributed by atoms with Gasteiger partial charge >= 0.3 is 0 Å². The van der Waals surface area contributed by atoms with E-state index in [-0.39, 0.29) is 18.9 Å². The predicted octanol–water partition coefficient (Wildman–Crippen LogP) is 3.09. The first-order valence-corrected chi connectivity index (χ1v) is 9.21. The summed E-state index contributed by atoms with van der Waals surface area (Å²) >= 11 is 0. The molecule has 2 heterocycles. The molecule has 3 aromatic rings. The van der Waals surface area contributed by atoms with Crippen LogP contribution in [0.5, 0.6) is 5.75 Å². The molecule has 0 saturated heterocycles. The Balaban J connectivity index is 1.74. The van der Waals surface area contributed by atoms with Crippen molar-refractivity contribution in [1.29, 1.82) is 0 Å². The van der Waals surface area contributed by atoms with Gasteiger partial charge in [-0.05, 0) is 58.0 Å². The molecule has 0 atom stereocenters. The number of benzene rings is 1. The fourth-order valence-electron chi connectivity index (χ4n) is 3.05. The minimum absolute atomic E-state index is 0.130. The number of anilines is 1. The molecule has 148 valence electrons. The number of ether oxygens (including phenoxy) is 1. The zero-order chi connectivity index (χ0) is 21.0. The van der Waals surface area contributed by atoms with Crippen LogP contribution in [0.4, 0.5) is 5.69 Å². The Morgan fingerprint density at radius 3 is 2.41 bits per heavy atom. The van der Waals surface area contributed by atoms with Crippen molar-refractivity contribution in [2.24, 2.45) is 0 Å². The summed E-state index contributed by atoms with van der Waals surface area (Å²) < 4.78 is 7.02. The zero-order valence-corrected chi connectivity index (χ0v) is 17.0. The molecule has 0 spiro atoms. The van der Waals surface area contributed by atoms with Crippen LogP contribution in [0.25, 0.3) is 5.95 Å². The Bertz CT molecular complexity index is 1060. The first-order valence-electron chi connectivity index (χ1n) is 9.21. The molecule has 1 aromatic carbocycles. The number of hydrogen-bond donors (Lipinski definition) is 1. The lowest BCUT2D eigenvalue weighted by atomic mass is 10.1. The lowest BCUT2D eigenvalue weighted by Gasteiger charge is -2.08. The molecule has 3 rings (SSSR count). The normalized spacial score (nSPS) is 10.4. The van der Waals surface area contributed by atoms with E-state index in [0.717, 1.165) is 28.3 Å². The number of hydrogen-bond acceptors (Lipinski definition) is 5. The van der Waals surface area contributed by atoms with Crippen LogP contribution in [0.3, 0.4) is 0 Å². The fourth-order valence-corrected chi connectivity index (χ4v) is 3.05.